The lowest BCUT2D eigenvalue weighted by Crippen LogP contribution is -2.36. The van der Waals surface area contributed by atoms with Crippen molar-refractivity contribution in [3.05, 3.63) is 42.1 Å². The van der Waals surface area contributed by atoms with Crippen molar-refractivity contribution in [3.8, 4) is 23.0 Å². The zero-order valence-electron chi connectivity index (χ0n) is 19.3. The van der Waals surface area contributed by atoms with Crippen molar-refractivity contribution in [1.29, 1.82) is 0 Å². The summed E-state index contributed by atoms with van der Waals surface area (Å²) in [6.45, 7) is 7.82. The normalized spacial score (nSPS) is 13.2. The molecule has 0 saturated carbocycles. The van der Waals surface area contributed by atoms with E-state index in [1.54, 1.807) is 6.20 Å². The van der Waals surface area contributed by atoms with Crippen molar-refractivity contribution in [1.82, 2.24) is 29.8 Å². The predicted octanol–water partition coefficient (Wildman–Crippen LogP) is 3.30. The summed E-state index contributed by atoms with van der Waals surface area (Å²) in [4.78, 5) is 16.6. The summed E-state index contributed by atoms with van der Waals surface area (Å²) < 4.78 is 32.6. The number of ether oxygens (including phenoxy) is 2. The Morgan fingerprint density at radius 2 is 1.94 bits per heavy atom. The Morgan fingerprint density at radius 3 is 2.68 bits per heavy atom. The second-order valence-corrected chi connectivity index (χ2v) is 9.14. The number of oxazole rings is 1. The molecule has 0 unspecified atom stereocenters. The molecule has 1 aliphatic heterocycles. The van der Waals surface area contributed by atoms with Gasteiger partial charge in [-0.25, -0.2) is 9.97 Å². The zero-order chi connectivity index (χ0) is 23.9. The Hall–Kier alpha value is -3.73. The van der Waals surface area contributed by atoms with E-state index in [1.807, 2.05) is 16.7 Å². The van der Waals surface area contributed by atoms with Crippen LogP contribution in [0.4, 0.5) is 10.2 Å². The Bertz CT molecular complexity index is 1330. The number of benzene rings is 1. The number of fused-ring (bicyclic) bond motifs is 2. The number of nitrogens with zero attached hydrogens (tertiary/aromatic N) is 5. The third-order valence-electron chi connectivity index (χ3n) is 5.50. The molecule has 178 valence electrons. The number of nitrogens with two attached hydrogens (primary N) is 1. The first-order chi connectivity index (χ1) is 16.3. The van der Waals surface area contributed by atoms with Crippen LogP contribution in [0, 0.1) is 6.08 Å². The number of nitrogen functional groups attached to an aromatic ring is 1. The topological polar surface area (TPSA) is 126 Å². The van der Waals surface area contributed by atoms with E-state index in [0.717, 1.165) is 24.1 Å². The maximum Gasteiger partial charge on any atom is 0.312 e. The number of rotatable bonds is 7. The van der Waals surface area contributed by atoms with Crippen LogP contribution in [0.1, 0.15) is 38.6 Å². The second-order valence-electron chi connectivity index (χ2n) is 9.14. The van der Waals surface area contributed by atoms with Crippen LogP contribution >= 0.6 is 0 Å². The average Bonchev–Trinajstić information content (AvgIpc) is 3.50. The standard InChI is InChI=1S/C23H26FN7O3/c1-23(2,3)27-5-4-7-31-17(28-18-19(25)29-22(24)30-20(18)31)10-13-9-15-16(34-12-33-15)11-14(13)21-26-6-8-32-21/h6,8-9,11,27H,4-5,7,10,12H2,1-3H3,(H2,25,29,30). The highest BCUT2D eigenvalue weighted by atomic mass is 19.1. The van der Waals surface area contributed by atoms with Crippen molar-refractivity contribution in [2.45, 2.75) is 45.7 Å². The van der Waals surface area contributed by atoms with Gasteiger partial charge in [0.25, 0.3) is 0 Å². The van der Waals surface area contributed by atoms with E-state index < -0.39 is 6.08 Å². The van der Waals surface area contributed by atoms with Gasteiger partial charge in [0.2, 0.25) is 12.7 Å². The highest BCUT2D eigenvalue weighted by Gasteiger charge is 2.23. The maximum atomic E-state index is 14.1. The van der Waals surface area contributed by atoms with Gasteiger partial charge in [-0.05, 0) is 51.4 Å². The molecule has 0 saturated heterocycles. The summed E-state index contributed by atoms with van der Waals surface area (Å²) in [5.41, 5.74) is 8.34. The van der Waals surface area contributed by atoms with Gasteiger partial charge >= 0.3 is 6.08 Å². The maximum absolute atomic E-state index is 14.1. The molecule has 10 nitrogen and oxygen atoms in total. The predicted molar refractivity (Wildman–Crippen MR) is 123 cm³/mol. The molecule has 4 heterocycles. The number of aryl methyl sites for hydroxylation is 1. The number of hydrogen-bond acceptors (Lipinski definition) is 9. The molecule has 5 rings (SSSR count). The molecule has 1 aliphatic rings. The minimum Gasteiger partial charge on any atom is -0.454 e. The first kappa shape index (κ1) is 22.1. The summed E-state index contributed by atoms with van der Waals surface area (Å²) in [6.07, 6.45) is 3.39. The average molecular weight is 468 g/mol. The molecule has 3 N–H and O–H groups in total. The Morgan fingerprint density at radius 1 is 1.15 bits per heavy atom. The molecular weight excluding hydrogens is 441 g/mol. The Labute approximate surface area is 195 Å². The molecule has 11 heteroatoms. The van der Waals surface area contributed by atoms with Crippen LogP contribution in [0.3, 0.4) is 0 Å². The fourth-order valence-corrected chi connectivity index (χ4v) is 3.97. The van der Waals surface area contributed by atoms with E-state index in [9.17, 15) is 4.39 Å². The van der Waals surface area contributed by atoms with E-state index >= 15 is 0 Å². The largest absolute Gasteiger partial charge is 0.454 e. The lowest BCUT2D eigenvalue weighted by atomic mass is 10.0. The molecular formula is C23H26FN7O3. The number of aromatic nitrogens is 5. The second kappa shape index (κ2) is 8.56. The van der Waals surface area contributed by atoms with Crippen LogP contribution in [0.25, 0.3) is 22.6 Å². The molecule has 0 bridgehead atoms. The first-order valence-electron chi connectivity index (χ1n) is 11.0. The molecule has 34 heavy (non-hydrogen) atoms. The third-order valence-corrected chi connectivity index (χ3v) is 5.50. The van der Waals surface area contributed by atoms with E-state index in [4.69, 9.17) is 24.6 Å². The number of hydrogen-bond donors (Lipinski definition) is 2. The van der Waals surface area contributed by atoms with Crippen LogP contribution in [-0.2, 0) is 13.0 Å². The van der Waals surface area contributed by atoms with Gasteiger partial charge < -0.3 is 29.5 Å². The molecule has 0 radical (unpaired) electrons. The minimum absolute atomic E-state index is 0.00400. The molecule has 4 aromatic rings. The van der Waals surface area contributed by atoms with Gasteiger partial charge in [0.05, 0.1) is 6.20 Å². The summed E-state index contributed by atoms with van der Waals surface area (Å²) in [5, 5.41) is 3.46. The molecule has 3 aromatic heterocycles. The van der Waals surface area contributed by atoms with Gasteiger partial charge in [0.1, 0.15) is 12.1 Å². The van der Waals surface area contributed by atoms with Crippen molar-refractivity contribution in [3.63, 3.8) is 0 Å². The van der Waals surface area contributed by atoms with Crippen LogP contribution < -0.4 is 20.5 Å². The smallest absolute Gasteiger partial charge is 0.312 e. The lowest BCUT2D eigenvalue weighted by Gasteiger charge is -2.20. The van der Waals surface area contributed by atoms with E-state index in [0.29, 0.717) is 47.3 Å². The summed E-state index contributed by atoms with van der Waals surface area (Å²) in [5.74, 6) is 2.39. The number of halogens is 1. The highest BCUT2D eigenvalue weighted by Crippen LogP contribution is 2.39. The molecule has 1 aromatic carbocycles. The molecule has 0 aliphatic carbocycles. The van der Waals surface area contributed by atoms with Crippen LogP contribution in [0.2, 0.25) is 0 Å². The van der Waals surface area contributed by atoms with Gasteiger partial charge in [-0.1, -0.05) is 0 Å². The van der Waals surface area contributed by atoms with Gasteiger partial charge in [-0.2, -0.15) is 14.4 Å². The summed E-state index contributed by atoms with van der Waals surface area (Å²) >= 11 is 0. The number of nitrogens with one attached hydrogen (secondary N) is 1. The van der Waals surface area contributed by atoms with Gasteiger partial charge in [0.15, 0.2) is 28.5 Å². The fraction of sp³-hybridized carbons (Fsp3) is 0.391. The number of imidazole rings is 1. The summed E-state index contributed by atoms with van der Waals surface area (Å²) in [6, 6.07) is 3.74. The first-order valence-corrected chi connectivity index (χ1v) is 11.0. The Balaban J connectivity index is 1.54. The molecule has 0 fully saturated rings. The van der Waals surface area contributed by atoms with Gasteiger partial charge in [-0.15, -0.1) is 0 Å². The van der Waals surface area contributed by atoms with Gasteiger partial charge in [0, 0.05) is 24.1 Å². The van der Waals surface area contributed by atoms with Crippen molar-refractivity contribution in [2.24, 2.45) is 0 Å². The molecule has 0 atom stereocenters. The van der Waals surface area contributed by atoms with E-state index in [-0.39, 0.29) is 18.1 Å². The fourth-order valence-electron chi connectivity index (χ4n) is 3.97. The Kier molecular flexibility index (Phi) is 5.56. The van der Waals surface area contributed by atoms with E-state index in [1.165, 1.54) is 6.26 Å². The quantitative estimate of drug-likeness (QED) is 0.311. The highest BCUT2D eigenvalue weighted by molar-refractivity contribution is 5.82. The lowest BCUT2D eigenvalue weighted by molar-refractivity contribution is 0.174. The zero-order valence-corrected chi connectivity index (χ0v) is 19.3. The third kappa shape index (κ3) is 4.38. The van der Waals surface area contributed by atoms with Crippen molar-refractivity contribution >= 4 is 17.0 Å². The molecule has 0 spiro atoms. The SMILES string of the molecule is CC(C)(C)NCCCn1c(Cc2cc3c(cc2-c2ncco2)OCO3)nc2c(N)nc(F)nc21. The van der Waals surface area contributed by atoms with Crippen LogP contribution in [0.15, 0.2) is 29.0 Å². The number of anilines is 1. The van der Waals surface area contributed by atoms with Crippen molar-refractivity contribution in [2.75, 3.05) is 19.1 Å². The molecule has 0 amide bonds. The van der Waals surface area contributed by atoms with Crippen molar-refractivity contribution < 1.29 is 18.3 Å². The summed E-state index contributed by atoms with van der Waals surface area (Å²) in [7, 11) is 0. The van der Waals surface area contributed by atoms with Gasteiger partial charge in [-0.3, -0.25) is 0 Å². The van der Waals surface area contributed by atoms with Crippen LogP contribution in [0.5, 0.6) is 11.5 Å². The minimum atomic E-state index is -0.880. The monoisotopic (exact) mass is 467 g/mol. The van der Waals surface area contributed by atoms with E-state index in [2.05, 4.69) is 41.0 Å². The van der Waals surface area contributed by atoms with Crippen LogP contribution in [-0.4, -0.2) is 43.4 Å².